The predicted molar refractivity (Wildman–Crippen MR) is 48.7 cm³/mol. The van der Waals surface area contributed by atoms with E-state index < -0.39 is 10.4 Å². The molecule has 0 aliphatic carbocycles. The molecule has 0 fully saturated rings. The summed E-state index contributed by atoms with van der Waals surface area (Å²) in [6.45, 7) is 0.188. The fourth-order valence-corrected chi connectivity index (χ4v) is 0. The van der Waals surface area contributed by atoms with E-state index in [4.69, 9.17) is 0 Å². The highest BCUT2D eigenvalue weighted by atomic mass is 127. The molecule has 0 spiro atoms. The fourth-order valence-electron chi connectivity index (χ4n) is 0. The van der Waals surface area contributed by atoms with Gasteiger partial charge in [-0.15, -0.1) is 0 Å². The summed E-state index contributed by atoms with van der Waals surface area (Å²) in [4.78, 5) is 0. The molecule has 0 aromatic heterocycles. The Morgan fingerprint density at radius 2 is 1.20 bits per heavy atom. The van der Waals surface area contributed by atoms with Crippen LogP contribution in [-0.2, 0) is 4.18 Å². The Morgan fingerprint density at radius 3 is 1.20 bits per heavy atom. The molecule has 0 unspecified atom stereocenters. The van der Waals surface area contributed by atoms with Gasteiger partial charge in [-0.3, -0.25) is 0 Å². The Balaban J connectivity index is 0. The molecule has 0 saturated carbocycles. The lowest BCUT2D eigenvalue weighted by Gasteiger charge is -1.88. The van der Waals surface area contributed by atoms with Gasteiger partial charge in [0.2, 0.25) is 0 Å². The maximum Gasteiger partial charge on any atom is 0.386 e. The normalized spacial score (nSPS) is 11.8. The largest absolute Gasteiger partial charge is 0.386 e. The van der Waals surface area contributed by atoms with Crippen LogP contribution >= 0.6 is 42.4 Å². The van der Waals surface area contributed by atoms with Crippen LogP contribution in [0.15, 0.2) is 0 Å². The van der Waals surface area contributed by atoms with Crippen molar-refractivity contribution in [3.05, 3.63) is 0 Å². The summed E-state index contributed by atoms with van der Waals surface area (Å²) < 4.78 is 47.5. The predicted octanol–water partition coefficient (Wildman–Crippen LogP) is 2.67. The summed E-state index contributed by atoms with van der Waals surface area (Å²) >= 11 is 2.67. The highest BCUT2D eigenvalue weighted by Gasteiger charge is 2.15. The van der Waals surface area contributed by atoms with Crippen molar-refractivity contribution in [3.63, 3.8) is 0 Å². The molecule has 8 heteroatoms. The number of hydrogen-bond acceptors (Lipinski definition) is 2. The van der Waals surface area contributed by atoms with Gasteiger partial charge in [0.15, 0.2) is 0 Å². The number of halogens is 5. The molecule has 0 N–H and O–H groups in total. The third-order valence-electron chi connectivity index (χ3n) is 0. The van der Waals surface area contributed by atoms with Crippen LogP contribution in [0.1, 0.15) is 6.92 Å². The van der Waals surface area contributed by atoms with E-state index in [9.17, 15) is 21.6 Å². The molecule has 0 aromatic carbocycles. The maximum atomic E-state index is 10.4. The zero-order valence-corrected chi connectivity index (χ0v) is 9.75. The summed E-state index contributed by atoms with van der Waals surface area (Å²) in [5.41, 5.74) is 0. The molecule has 10 heavy (non-hydrogen) atoms. The molecule has 0 saturated heterocycles. The highest BCUT2D eigenvalue weighted by molar-refractivity contribution is 14.3. The van der Waals surface area contributed by atoms with Gasteiger partial charge in [0.1, 0.15) is 0 Å². The molecule has 0 amide bonds. The van der Waals surface area contributed by atoms with Gasteiger partial charge in [-0.1, -0.05) is 0 Å². The lowest BCUT2D eigenvalue weighted by Crippen LogP contribution is -1.95. The van der Waals surface area contributed by atoms with E-state index in [1.165, 1.54) is 42.4 Å². The Morgan fingerprint density at radius 1 is 1.20 bits per heavy atom. The zero-order valence-electron chi connectivity index (χ0n) is 4.61. The number of hydrogen-bond donors (Lipinski definition) is 0. The van der Waals surface area contributed by atoms with Crippen LogP contribution in [0.25, 0.3) is 0 Å². The third kappa shape index (κ3) is 430. The molecule has 64 valence electrons. The van der Waals surface area contributed by atoms with E-state index in [1.54, 1.807) is 0 Å². The SMILES string of the molecule is CC(F)(F)F.O=S(=O)(I)I. The van der Waals surface area contributed by atoms with Gasteiger partial charge in [0, 0.05) is 6.92 Å². The monoisotopic (exact) mass is 402 g/mol. The standard InChI is InChI=1S/C2H3F3.I2O2S/c1-2(3,4)5;1-5(2,3)4/h1H3;. The second-order valence-electron chi connectivity index (χ2n) is 1.16. The van der Waals surface area contributed by atoms with E-state index in [0.29, 0.717) is 0 Å². The van der Waals surface area contributed by atoms with Crippen LogP contribution in [0.5, 0.6) is 0 Å². The van der Waals surface area contributed by atoms with E-state index in [1.807, 2.05) is 0 Å². The van der Waals surface area contributed by atoms with Crippen molar-refractivity contribution in [2.75, 3.05) is 0 Å². The summed E-state index contributed by atoms with van der Waals surface area (Å²) in [7, 11) is 0. The fraction of sp³-hybridized carbons (Fsp3) is 1.00. The van der Waals surface area contributed by atoms with Crippen LogP contribution in [0.3, 0.4) is 0 Å². The Hall–Kier alpha value is 1.20. The van der Waals surface area contributed by atoms with Crippen LogP contribution in [-0.4, -0.2) is 14.6 Å². The first-order valence-corrected chi connectivity index (χ1v) is 8.28. The van der Waals surface area contributed by atoms with E-state index in [2.05, 4.69) is 0 Å². The average Bonchev–Trinajstić information content (AvgIpc) is 1.12. The molecule has 0 radical (unpaired) electrons. The summed E-state index contributed by atoms with van der Waals surface area (Å²) in [6.07, 6.45) is -4.00. The van der Waals surface area contributed by atoms with Gasteiger partial charge in [-0.2, -0.15) is 13.2 Å². The van der Waals surface area contributed by atoms with Crippen molar-refractivity contribution in [1.29, 1.82) is 0 Å². The second-order valence-corrected chi connectivity index (χ2v) is 13.9. The highest BCUT2D eigenvalue weighted by Crippen LogP contribution is 2.10. The number of alkyl halides is 3. The first kappa shape index (κ1) is 13.8. The van der Waals surface area contributed by atoms with Crippen molar-refractivity contribution in [2.24, 2.45) is 0 Å². The topological polar surface area (TPSA) is 34.1 Å². The summed E-state index contributed by atoms with van der Waals surface area (Å²) in [5, 5.41) is 0. The van der Waals surface area contributed by atoms with Crippen molar-refractivity contribution in [1.82, 2.24) is 0 Å². The van der Waals surface area contributed by atoms with Crippen LogP contribution in [0.2, 0.25) is 0 Å². The van der Waals surface area contributed by atoms with Crippen molar-refractivity contribution in [3.8, 4) is 0 Å². The van der Waals surface area contributed by atoms with Crippen molar-refractivity contribution < 1.29 is 21.6 Å². The molecule has 0 aromatic rings. The minimum Gasteiger partial charge on any atom is -0.208 e. The Kier molecular flexibility index (Phi) is 6.82. The molecular weight excluding hydrogens is 399 g/mol. The van der Waals surface area contributed by atoms with Crippen LogP contribution in [0, 0.1) is 0 Å². The first-order chi connectivity index (χ1) is 4.00. The van der Waals surface area contributed by atoms with Crippen LogP contribution < -0.4 is 0 Å². The maximum absolute atomic E-state index is 10.4. The van der Waals surface area contributed by atoms with Gasteiger partial charge in [0.05, 0.1) is 42.4 Å². The van der Waals surface area contributed by atoms with E-state index in [0.717, 1.165) is 0 Å². The second kappa shape index (κ2) is 4.95. The third-order valence-corrected chi connectivity index (χ3v) is 0. The first-order valence-electron chi connectivity index (χ1n) is 1.71. The lowest BCUT2D eigenvalue weighted by atomic mass is 10.8. The molecular formula is C2H3F3I2O2S. The molecule has 0 bridgehead atoms. The molecule has 0 atom stereocenters. The van der Waals surface area contributed by atoms with Gasteiger partial charge in [0.25, 0.3) is 4.18 Å². The van der Waals surface area contributed by atoms with Gasteiger partial charge in [-0.25, -0.2) is 8.42 Å². The van der Waals surface area contributed by atoms with Crippen LogP contribution in [0.4, 0.5) is 13.2 Å². The quantitative estimate of drug-likeness (QED) is 0.462. The summed E-state index contributed by atoms with van der Waals surface area (Å²) in [6, 6.07) is 0. The van der Waals surface area contributed by atoms with Gasteiger partial charge in [-0.05, 0) is 0 Å². The Labute approximate surface area is 80.7 Å². The Bertz CT molecular complexity index is 157. The zero-order chi connectivity index (χ0) is 9.00. The molecule has 0 rings (SSSR count). The average molecular weight is 402 g/mol. The molecule has 0 heterocycles. The van der Waals surface area contributed by atoms with E-state index >= 15 is 0 Å². The number of rotatable bonds is 0. The lowest BCUT2D eigenvalue weighted by molar-refractivity contribution is -0.110. The smallest absolute Gasteiger partial charge is 0.208 e. The minimum absolute atomic E-state index is 0.188. The molecule has 0 aliphatic rings. The summed E-state index contributed by atoms with van der Waals surface area (Å²) in [5.74, 6) is 0. The molecule has 0 aliphatic heterocycles. The molecule has 2 nitrogen and oxygen atoms in total. The van der Waals surface area contributed by atoms with Gasteiger partial charge < -0.3 is 0 Å². The van der Waals surface area contributed by atoms with Crippen molar-refractivity contribution >= 4 is 46.6 Å². The minimum atomic E-state index is -4.00. The van der Waals surface area contributed by atoms with E-state index in [-0.39, 0.29) is 6.92 Å². The van der Waals surface area contributed by atoms with Gasteiger partial charge >= 0.3 is 6.18 Å². The van der Waals surface area contributed by atoms with Crippen molar-refractivity contribution in [2.45, 2.75) is 13.1 Å².